The molecule has 1 aromatic heterocycles. The average molecular weight is 302 g/mol. The molecule has 6 heteroatoms. The minimum atomic E-state index is 0.352. The van der Waals surface area contributed by atoms with Gasteiger partial charge in [0.1, 0.15) is 5.82 Å². The van der Waals surface area contributed by atoms with E-state index in [1.807, 2.05) is 12.1 Å². The number of hydrogen-bond donors (Lipinski definition) is 1. The summed E-state index contributed by atoms with van der Waals surface area (Å²) in [5.41, 5.74) is 0.981. The van der Waals surface area contributed by atoms with Crippen LogP contribution in [0.5, 0.6) is 0 Å². The van der Waals surface area contributed by atoms with Gasteiger partial charge in [-0.05, 0) is 31.5 Å². The third-order valence-electron chi connectivity index (χ3n) is 2.24. The van der Waals surface area contributed by atoms with Crippen molar-refractivity contribution >= 4 is 39.9 Å². The molecule has 0 amide bonds. The Morgan fingerprint density at radius 3 is 2.78 bits per heavy atom. The smallest absolute Gasteiger partial charge is 0.202 e. The molecule has 0 bridgehead atoms. The van der Waals surface area contributed by atoms with Crippen LogP contribution in [0, 0.1) is 0 Å². The van der Waals surface area contributed by atoms with Crippen LogP contribution in [-0.2, 0) is 6.42 Å². The van der Waals surface area contributed by atoms with Crippen LogP contribution in [0.1, 0.15) is 25.2 Å². The highest BCUT2D eigenvalue weighted by molar-refractivity contribution is 7.09. The van der Waals surface area contributed by atoms with Crippen LogP contribution in [0.2, 0.25) is 10.0 Å². The third-order valence-corrected chi connectivity index (χ3v) is 3.51. The van der Waals surface area contributed by atoms with Crippen molar-refractivity contribution in [3.05, 3.63) is 39.6 Å². The van der Waals surface area contributed by atoms with Crippen LogP contribution < -0.4 is 5.32 Å². The summed E-state index contributed by atoms with van der Waals surface area (Å²) < 4.78 is 4.30. The van der Waals surface area contributed by atoms with Crippen molar-refractivity contribution in [2.24, 2.45) is 0 Å². The second-order valence-electron chi connectivity index (χ2n) is 4.23. The summed E-state index contributed by atoms with van der Waals surface area (Å²) in [4.78, 5) is 4.41. The normalized spacial score (nSPS) is 10.9. The van der Waals surface area contributed by atoms with Gasteiger partial charge in [-0.3, -0.25) is 0 Å². The van der Waals surface area contributed by atoms with Crippen molar-refractivity contribution in [1.29, 1.82) is 0 Å². The molecule has 2 rings (SSSR count). The number of nitrogens with zero attached hydrogens (tertiary/aromatic N) is 2. The van der Waals surface area contributed by atoms with E-state index in [4.69, 9.17) is 23.2 Å². The van der Waals surface area contributed by atoms with E-state index < -0.39 is 0 Å². The Hall–Kier alpha value is -0.840. The van der Waals surface area contributed by atoms with Gasteiger partial charge in [0.15, 0.2) is 0 Å². The van der Waals surface area contributed by atoms with E-state index in [-0.39, 0.29) is 0 Å². The Labute approximate surface area is 120 Å². The molecule has 18 heavy (non-hydrogen) atoms. The summed E-state index contributed by atoms with van der Waals surface area (Å²) in [6.07, 6.45) is 0.617. The van der Waals surface area contributed by atoms with E-state index in [0.29, 0.717) is 22.5 Å². The van der Waals surface area contributed by atoms with E-state index in [9.17, 15) is 0 Å². The van der Waals surface area contributed by atoms with Gasteiger partial charge in [0.05, 0.1) is 0 Å². The van der Waals surface area contributed by atoms with Crippen LogP contribution in [0.15, 0.2) is 18.2 Å². The molecule has 3 nitrogen and oxygen atoms in total. The zero-order valence-corrected chi connectivity index (χ0v) is 12.4. The van der Waals surface area contributed by atoms with E-state index in [1.165, 1.54) is 11.5 Å². The molecule has 1 N–H and O–H groups in total. The lowest BCUT2D eigenvalue weighted by molar-refractivity contribution is 0.892. The van der Waals surface area contributed by atoms with Gasteiger partial charge in [0.25, 0.3) is 0 Å². The lowest BCUT2D eigenvalue weighted by Gasteiger charge is -2.04. The Kier molecular flexibility index (Phi) is 4.43. The van der Waals surface area contributed by atoms with Gasteiger partial charge < -0.3 is 5.32 Å². The molecule has 1 aromatic carbocycles. The Bertz CT molecular complexity index is 540. The highest BCUT2D eigenvalue weighted by atomic mass is 35.5. The molecule has 0 radical (unpaired) electrons. The maximum Gasteiger partial charge on any atom is 0.202 e. The fourth-order valence-corrected chi connectivity index (χ4v) is 2.67. The van der Waals surface area contributed by atoms with Crippen molar-refractivity contribution in [3.63, 3.8) is 0 Å². The first kappa shape index (κ1) is 13.6. The van der Waals surface area contributed by atoms with Gasteiger partial charge in [0.2, 0.25) is 5.13 Å². The van der Waals surface area contributed by atoms with Gasteiger partial charge in [-0.25, -0.2) is 4.98 Å². The zero-order chi connectivity index (χ0) is 13.1. The standard InChI is InChI=1S/C12H13Cl2N3S/c1-7(2)15-12-16-11(17-18-12)5-8-3-4-9(13)6-10(8)14/h3-4,6-7H,5H2,1-2H3,(H,15,16,17). The van der Waals surface area contributed by atoms with Gasteiger partial charge in [-0.2, -0.15) is 4.37 Å². The maximum atomic E-state index is 6.12. The first-order valence-electron chi connectivity index (χ1n) is 5.57. The van der Waals surface area contributed by atoms with E-state index >= 15 is 0 Å². The van der Waals surface area contributed by atoms with Crippen LogP contribution >= 0.6 is 34.7 Å². The lowest BCUT2D eigenvalue weighted by atomic mass is 10.1. The summed E-state index contributed by atoms with van der Waals surface area (Å²) in [6.45, 7) is 4.13. The number of anilines is 1. The minimum Gasteiger partial charge on any atom is -0.358 e. The molecule has 0 saturated heterocycles. The van der Waals surface area contributed by atoms with Crippen LogP contribution in [0.3, 0.4) is 0 Å². The molecule has 0 fully saturated rings. The summed E-state index contributed by atoms with van der Waals surface area (Å²) in [6, 6.07) is 5.81. The molecule has 0 aliphatic carbocycles. The molecule has 2 aromatic rings. The Balaban J connectivity index is 2.11. The quantitative estimate of drug-likeness (QED) is 0.917. The molecule has 0 aliphatic heterocycles. The average Bonchev–Trinajstić information content (AvgIpc) is 2.69. The second-order valence-corrected chi connectivity index (χ2v) is 5.82. The maximum absolute atomic E-state index is 6.12. The van der Waals surface area contributed by atoms with Gasteiger partial charge >= 0.3 is 0 Å². The molecule has 1 heterocycles. The lowest BCUT2D eigenvalue weighted by Crippen LogP contribution is -2.09. The highest BCUT2D eigenvalue weighted by Crippen LogP contribution is 2.23. The monoisotopic (exact) mass is 301 g/mol. The number of halogens is 2. The first-order chi connectivity index (χ1) is 8.54. The number of nitrogens with one attached hydrogen (secondary N) is 1. The summed E-state index contributed by atoms with van der Waals surface area (Å²) in [5.74, 6) is 0.771. The number of hydrogen-bond acceptors (Lipinski definition) is 4. The summed E-state index contributed by atoms with van der Waals surface area (Å²) in [5, 5.41) is 5.35. The Morgan fingerprint density at radius 2 is 2.11 bits per heavy atom. The number of benzene rings is 1. The van der Waals surface area contributed by atoms with Crippen LogP contribution in [0.4, 0.5) is 5.13 Å². The van der Waals surface area contributed by atoms with E-state index in [1.54, 1.807) is 6.07 Å². The van der Waals surface area contributed by atoms with Crippen LogP contribution in [-0.4, -0.2) is 15.4 Å². The zero-order valence-electron chi connectivity index (χ0n) is 10.1. The van der Waals surface area contributed by atoms with Gasteiger partial charge in [0, 0.05) is 34.0 Å². The van der Waals surface area contributed by atoms with Crippen molar-refractivity contribution in [2.75, 3.05) is 5.32 Å². The number of aromatic nitrogens is 2. The summed E-state index contributed by atoms with van der Waals surface area (Å²) in [7, 11) is 0. The Morgan fingerprint density at radius 1 is 1.33 bits per heavy atom. The largest absolute Gasteiger partial charge is 0.358 e. The number of rotatable bonds is 4. The molecule has 96 valence electrons. The second kappa shape index (κ2) is 5.87. The topological polar surface area (TPSA) is 37.8 Å². The van der Waals surface area contributed by atoms with Crippen molar-refractivity contribution in [3.8, 4) is 0 Å². The summed E-state index contributed by atoms with van der Waals surface area (Å²) >= 11 is 13.3. The van der Waals surface area contributed by atoms with E-state index in [0.717, 1.165) is 16.5 Å². The predicted molar refractivity (Wildman–Crippen MR) is 77.9 cm³/mol. The van der Waals surface area contributed by atoms with Gasteiger partial charge in [-0.15, -0.1) is 0 Å². The molecule has 0 atom stereocenters. The molecule has 0 aliphatic rings. The molecule has 0 spiro atoms. The van der Waals surface area contributed by atoms with Crippen molar-refractivity contribution in [2.45, 2.75) is 26.3 Å². The third kappa shape index (κ3) is 3.57. The minimum absolute atomic E-state index is 0.352. The highest BCUT2D eigenvalue weighted by Gasteiger charge is 2.08. The van der Waals surface area contributed by atoms with E-state index in [2.05, 4.69) is 28.5 Å². The first-order valence-corrected chi connectivity index (χ1v) is 7.10. The molecular weight excluding hydrogens is 289 g/mol. The predicted octanol–water partition coefficient (Wildman–Crippen LogP) is 4.26. The van der Waals surface area contributed by atoms with Crippen molar-refractivity contribution < 1.29 is 0 Å². The fraction of sp³-hybridized carbons (Fsp3) is 0.333. The van der Waals surface area contributed by atoms with Crippen molar-refractivity contribution in [1.82, 2.24) is 9.36 Å². The fourth-order valence-electron chi connectivity index (χ4n) is 1.47. The SMILES string of the molecule is CC(C)Nc1nc(Cc2ccc(Cl)cc2Cl)ns1. The van der Waals surface area contributed by atoms with Gasteiger partial charge in [-0.1, -0.05) is 29.3 Å². The molecule has 0 saturated carbocycles. The molecule has 0 unspecified atom stereocenters. The molecular formula is C12H13Cl2N3S. The van der Waals surface area contributed by atoms with Crippen LogP contribution in [0.25, 0.3) is 0 Å².